The van der Waals surface area contributed by atoms with Gasteiger partial charge in [0.15, 0.2) is 4.32 Å². The van der Waals surface area contributed by atoms with Crippen LogP contribution in [0.1, 0.15) is 11.5 Å². The smallest absolute Gasteiger partial charge is 0.296 e. The monoisotopic (exact) mass is 507 g/mol. The lowest BCUT2D eigenvalue weighted by atomic mass is 10.2. The van der Waals surface area contributed by atoms with Crippen LogP contribution in [0.4, 0.5) is 5.69 Å². The predicted molar refractivity (Wildman–Crippen MR) is 141 cm³/mol. The van der Waals surface area contributed by atoms with E-state index in [1.54, 1.807) is 42.9 Å². The average Bonchev–Trinajstić information content (AvgIpc) is 3.46. The molecule has 9 heteroatoms. The summed E-state index contributed by atoms with van der Waals surface area (Å²) in [7, 11) is 1.78. The van der Waals surface area contributed by atoms with Gasteiger partial charge in [-0.05, 0) is 43.3 Å². The van der Waals surface area contributed by atoms with Crippen LogP contribution < -0.4 is 10.5 Å². The molecular weight excluding hydrogens is 490 g/mol. The Morgan fingerprint density at radius 3 is 2.53 bits per heavy atom. The van der Waals surface area contributed by atoms with E-state index in [4.69, 9.17) is 28.2 Å². The average molecular weight is 508 g/mol. The molecule has 34 heavy (non-hydrogen) atoms. The molecule has 0 aliphatic carbocycles. The molecule has 3 heterocycles. The SMILES string of the molecule is Cc1c(N2C(=O)C(=Cc3ccc(-c4cccc(Cl)c4)o3)SC2=S)c(=O)n(-c2ccccc2)n1C. The van der Waals surface area contributed by atoms with Crippen molar-refractivity contribution >= 4 is 57.6 Å². The quantitative estimate of drug-likeness (QED) is 0.258. The highest BCUT2D eigenvalue weighted by Gasteiger charge is 2.38. The summed E-state index contributed by atoms with van der Waals surface area (Å²) in [6.07, 6.45) is 1.64. The third-order valence-corrected chi connectivity index (χ3v) is 7.09. The first kappa shape index (κ1) is 22.5. The maximum atomic E-state index is 13.4. The highest BCUT2D eigenvalue weighted by Crippen LogP contribution is 2.37. The summed E-state index contributed by atoms with van der Waals surface area (Å²) in [4.78, 5) is 28.4. The van der Waals surface area contributed by atoms with Crippen molar-refractivity contribution in [1.82, 2.24) is 9.36 Å². The van der Waals surface area contributed by atoms with Gasteiger partial charge in [-0.2, -0.15) is 0 Å². The van der Waals surface area contributed by atoms with Crippen molar-refractivity contribution in [2.24, 2.45) is 7.05 Å². The normalized spacial score (nSPS) is 15.0. The summed E-state index contributed by atoms with van der Waals surface area (Å²) in [5.74, 6) is 0.776. The number of amides is 1. The van der Waals surface area contributed by atoms with Gasteiger partial charge in [-0.1, -0.05) is 65.9 Å². The van der Waals surface area contributed by atoms with Crippen LogP contribution in [0.5, 0.6) is 0 Å². The van der Waals surface area contributed by atoms with E-state index in [-0.39, 0.29) is 17.2 Å². The van der Waals surface area contributed by atoms with Crippen molar-refractivity contribution in [3.8, 4) is 17.0 Å². The Labute approximate surface area is 210 Å². The number of anilines is 1. The lowest BCUT2D eigenvalue weighted by Gasteiger charge is -2.12. The zero-order valence-corrected chi connectivity index (χ0v) is 20.6. The highest BCUT2D eigenvalue weighted by atomic mass is 35.5. The number of rotatable bonds is 4. The van der Waals surface area contributed by atoms with Gasteiger partial charge in [-0.25, -0.2) is 4.68 Å². The van der Waals surface area contributed by atoms with E-state index < -0.39 is 0 Å². The zero-order valence-electron chi connectivity index (χ0n) is 18.2. The second-order valence-corrected chi connectivity index (χ2v) is 9.75. The van der Waals surface area contributed by atoms with Crippen molar-refractivity contribution in [3.63, 3.8) is 0 Å². The number of nitrogens with zero attached hydrogens (tertiary/aromatic N) is 3. The van der Waals surface area contributed by atoms with Gasteiger partial charge < -0.3 is 4.42 Å². The van der Waals surface area contributed by atoms with Gasteiger partial charge in [0.2, 0.25) is 0 Å². The van der Waals surface area contributed by atoms with Crippen LogP contribution in [-0.2, 0) is 11.8 Å². The Balaban J connectivity index is 1.50. The van der Waals surface area contributed by atoms with E-state index in [1.807, 2.05) is 48.5 Å². The summed E-state index contributed by atoms with van der Waals surface area (Å²) < 4.78 is 9.45. The Hall–Kier alpha value is -3.33. The molecule has 0 radical (unpaired) electrons. The first-order chi connectivity index (χ1) is 16.3. The Kier molecular flexibility index (Phi) is 5.81. The van der Waals surface area contributed by atoms with Crippen LogP contribution in [0.3, 0.4) is 0 Å². The molecule has 1 amide bonds. The van der Waals surface area contributed by atoms with Crippen LogP contribution in [0.2, 0.25) is 5.02 Å². The molecule has 0 unspecified atom stereocenters. The largest absolute Gasteiger partial charge is 0.457 e. The number of furan rings is 1. The first-order valence-electron chi connectivity index (χ1n) is 10.3. The summed E-state index contributed by atoms with van der Waals surface area (Å²) in [6, 6.07) is 20.2. The molecule has 2 aromatic carbocycles. The molecule has 1 aliphatic heterocycles. The fraction of sp³-hybridized carbons (Fsp3) is 0.0800. The number of hydrogen-bond acceptors (Lipinski definition) is 5. The highest BCUT2D eigenvalue weighted by molar-refractivity contribution is 8.27. The summed E-state index contributed by atoms with van der Waals surface area (Å²) in [5, 5.41) is 0.607. The third-order valence-electron chi connectivity index (χ3n) is 5.55. The Bertz CT molecular complexity index is 1530. The Morgan fingerprint density at radius 2 is 1.79 bits per heavy atom. The molecule has 0 N–H and O–H groups in total. The Morgan fingerprint density at radius 1 is 1.03 bits per heavy atom. The van der Waals surface area contributed by atoms with E-state index in [2.05, 4.69) is 0 Å². The van der Waals surface area contributed by atoms with Gasteiger partial charge in [0.05, 0.1) is 16.3 Å². The van der Waals surface area contributed by atoms with Gasteiger partial charge in [0.25, 0.3) is 11.5 Å². The number of thiocarbonyl (C=S) groups is 1. The summed E-state index contributed by atoms with van der Waals surface area (Å²) >= 11 is 12.7. The molecule has 4 aromatic rings. The van der Waals surface area contributed by atoms with Crippen molar-refractivity contribution in [1.29, 1.82) is 0 Å². The molecule has 0 bridgehead atoms. The second kappa shape index (κ2) is 8.79. The number of halogens is 1. The summed E-state index contributed by atoms with van der Waals surface area (Å²) in [5.41, 5.74) is 2.10. The molecular formula is C25H18ClN3O3S2. The molecule has 1 fully saturated rings. The first-order valence-corrected chi connectivity index (χ1v) is 11.9. The number of para-hydroxylation sites is 1. The maximum absolute atomic E-state index is 13.4. The fourth-order valence-electron chi connectivity index (χ4n) is 3.83. The van der Waals surface area contributed by atoms with Crippen LogP contribution in [0.15, 0.2) is 80.8 Å². The van der Waals surface area contributed by atoms with E-state index in [0.29, 0.717) is 37.2 Å². The van der Waals surface area contributed by atoms with E-state index >= 15 is 0 Å². The zero-order chi connectivity index (χ0) is 24.0. The fourth-order valence-corrected chi connectivity index (χ4v) is 5.27. The van der Waals surface area contributed by atoms with Crippen LogP contribution in [0, 0.1) is 6.92 Å². The predicted octanol–water partition coefficient (Wildman–Crippen LogP) is 5.80. The topological polar surface area (TPSA) is 60.4 Å². The van der Waals surface area contributed by atoms with Gasteiger partial charge >= 0.3 is 0 Å². The minimum absolute atomic E-state index is 0.247. The number of hydrogen-bond donors (Lipinski definition) is 0. The minimum atomic E-state index is -0.360. The molecule has 170 valence electrons. The van der Waals surface area contributed by atoms with E-state index in [1.165, 1.54) is 9.58 Å². The molecule has 5 rings (SSSR count). The number of carbonyl (C=O) groups excluding carboxylic acids is 1. The molecule has 1 saturated heterocycles. The molecule has 1 aliphatic rings. The van der Waals surface area contributed by atoms with Gasteiger partial charge in [-0.3, -0.25) is 19.2 Å². The maximum Gasteiger partial charge on any atom is 0.296 e. The van der Waals surface area contributed by atoms with Crippen molar-refractivity contribution in [2.45, 2.75) is 6.92 Å². The number of thioether (sulfide) groups is 1. The number of aromatic nitrogens is 2. The van der Waals surface area contributed by atoms with Crippen molar-refractivity contribution < 1.29 is 9.21 Å². The molecule has 0 atom stereocenters. The lowest BCUT2D eigenvalue weighted by molar-refractivity contribution is -0.113. The second-order valence-electron chi connectivity index (χ2n) is 7.64. The number of benzene rings is 2. The number of carbonyl (C=O) groups is 1. The van der Waals surface area contributed by atoms with E-state index in [0.717, 1.165) is 17.3 Å². The van der Waals surface area contributed by atoms with Crippen molar-refractivity contribution in [3.05, 3.63) is 98.5 Å². The van der Waals surface area contributed by atoms with Gasteiger partial charge in [0, 0.05) is 23.7 Å². The van der Waals surface area contributed by atoms with Crippen molar-refractivity contribution in [2.75, 3.05) is 4.90 Å². The molecule has 0 saturated carbocycles. The van der Waals surface area contributed by atoms with Crippen LogP contribution >= 0.6 is 35.6 Å². The molecule has 2 aromatic heterocycles. The molecule has 0 spiro atoms. The van der Waals surface area contributed by atoms with Gasteiger partial charge in [-0.15, -0.1) is 0 Å². The third kappa shape index (κ3) is 3.83. The summed E-state index contributed by atoms with van der Waals surface area (Å²) in [6.45, 7) is 1.79. The minimum Gasteiger partial charge on any atom is -0.457 e. The van der Waals surface area contributed by atoms with Gasteiger partial charge in [0.1, 0.15) is 17.2 Å². The van der Waals surface area contributed by atoms with E-state index in [9.17, 15) is 9.59 Å². The molecule has 6 nitrogen and oxygen atoms in total. The van der Waals surface area contributed by atoms with Crippen LogP contribution in [-0.4, -0.2) is 19.6 Å². The standard InChI is InChI=1S/C25H18ClN3O3S2/c1-15-22(24(31)29(27(15)2)18-9-4-3-5-10-18)28-23(30)21(34-25(28)33)14-19-11-12-20(32-19)16-7-6-8-17(26)13-16/h3-14H,1-2H3. The lowest BCUT2D eigenvalue weighted by Crippen LogP contribution is -2.33. The van der Waals surface area contributed by atoms with Crippen LogP contribution in [0.25, 0.3) is 23.1 Å².